The molecule has 254 valence electrons. The topological polar surface area (TPSA) is 92.7 Å². The highest BCUT2D eigenvalue weighted by Crippen LogP contribution is 2.46. The van der Waals surface area contributed by atoms with Crippen LogP contribution in [0.1, 0.15) is 29.2 Å². The van der Waals surface area contributed by atoms with Gasteiger partial charge in [-0.15, -0.1) is 0 Å². The molecule has 1 N–H and O–H groups in total. The van der Waals surface area contributed by atoms with Crippen LogP contribution in [0.2, 0.25) is 0 Å². The molecule has 4 aromatic rings. The molecule has 1 saturated heterocycles. The van der Waals surface area contributed by atoms with Crippen LogP contribution < -0.4 is 0 Å². The van der Waals surface area contributed by atoms with Crippen molar-refractivity contribution >= 4 is 21.9 Å². The van der Waals surface area contributed by atoms with Crippen molar-refractivity contribution in [3.63, 3.8) is 0 Å². The molecule has 48 heavy (non-hydrogen) atoms. The lowest BCUT2D eigenvalue weighted by Crippen LogP contribution is -2.74. The summed E-state index contributed by atoms with van der Waals surface area (Å²) in [5, 5.41) is 12.3. The van der Waals surface area contributed by atoms with Gasteiger partial charge >= 0.3 is 10.5 Å². The molecule has 0 aromatic heterocycles. The van der Waals surface area contributed by atoms with E-state index >= 15 is 4.39 Å². The summed E-state index contributed by atoms with van der Waals surface area (Å²) in [6, 6.07) is 37.6. The van der Waals surface area contributed by atoms with Crippen LogP contribution in [-0.2, 0) is 59.6 Å². The number of esters is 1. The molecule has 0 amide bonds. The molecule has 1 aliphatic rings. The summed E-state index contributed by atoms with van der Waals surface area (Å²) in [5.41, 5.74) is 3.34. The van der Waals surface area contributed by atoms with E-state index in [4.69, 9.17) is 28.4 Å². The predicted octanol–water partition coefficient (Wildman–Crippen LogP) is 6.67. The number of ether oxygens (including phenoxy) is 6. The Morgan fingerprint density at radius 1 is 0.729 bits per heavy atom. The average Bonchev–Trinajstić information content (AvgIpc) is 3.11. The summed E-state index contributed by atoms with van der Waals surface area (Å²) in [7, 11) is 0. The summed E-state index contributed by atoms with van der Waals surface area (Å²) < 4.78 is 50.2. The molecule has 1 aliphatic heterocycles. The van der Waals surface area contributed by atoms with E-state index in [2.05, 4.69) is 15.9 Å². The van der Waals surface area contributed by atoms with Crippen LogP contribution in [0.15, 0.2) is 121 Å². The smallest absolute Gasteiger partial charge is 0.361 e. The van der Waals surface area contributed by atoms with E-state index in [9.17, 15) is 9.90 Å². The molecular weight excluding hydrogens is 683 g/mol. The fraction of sp³-hybridized carbons (Fsp3) is 0.342. The lowest BCUT2D eigenvalue weighted by atomic mass is 9.88. The third-order valence-corrected chi connectivity index (χ3v) is 8.82. The highest BCUT2D eigenvalue weighted by atomic mass is 79.9. The first kappa shape index (κ1) is 35.8. The minimum atomic E-state index is -3.27. The molecule has 0 radical (unpaired) electrons. The van der Waals surface area contributed by atoms with E-state index in [1.54, 1.807) is 0 Å². The molecule has 8 nitrogen and oxygen atoms in total. The molecule has 6 atom stereocenters. The highest BCUT2D eigenvalue weighted by Gasteiger charge is 2.70. The van der Waals surface area contributed by atoms with Gasteiger partial charge in [-0.1, -0.05) is 121 Å². The van der Waals surface area contributed by atoms with E-state index in [0.29, 0.717) is 0 Å². The van der Waals surface area contributed by atoms with Gasteiger partial charge in [0.2, 0.25) is 0 Å². The van der Waals surface area contributed by atoms with E-state index in [0.717, 1.165) is 22.3 Å². The second-order valence-electron chi connectivity index (χ2n) is 11.4. The number of rotatable bonds is 16. The lowest BCUT2D eigenvalue weighted by Gasteiger charge is -2.52. The van der Waals surface area contributed by atoms with Gasteiger partial charge in [-0.05, 0) is 45.1 Å². The maximum Gasteiger partial charge on any atom is 0.361 e. The molecule has 2 unspecified atom stereocenters. The lowest BCUT2D eigenvalue weighted by molar-refractivity contribution is -0.387. The Morgan fingerprint density at radius 2 is 1.15 bits per heavy atom. The third kappa shape index (κ3) is 8.95. The van der Waals surface area contributed by atoms with Crippen LogP contribution >= 0.6 is 15.9 Å². The number of halogens is 2. The van der Waals surface area contributed by atoms with Crippen molar-refractivity contribution in [2.24, 2.45) is 0 Å². The Balaban J connectivity index is 1.54. The standard InChI is InChI=1S/C38H40BrFO8/c1-2-44-36(41)37(39,40)38(42)35(47-26-31-21-13-6-14-22-31)34(46-25-30-19-11-5-12-20-30)33(45-24-29-17-9-4-10-18-29)32(48-38)27-43-23-28-15-7-3-8-16-28/h3-22,32-35,42H,2,23-27H2,1H3/t32-,33-,34+,35+,37?,38?/m1/s1. The van der Waals surface area contributed by atoms with Gasteiger partial charge in [-0.2, -0.15) is 0 Å². The maximum atomic E-state index is 16.8. The molecule has 0 saturated carbocycles. The van der Waals surface area contributed by atoms with E-state index in [1.807, 2.05) is 121 Å². The monoisotopic (exact) mass is 722 g/mol. The van der Waals surface area contributed by atoms with Gasteiger partial charge in [0.05, 0.1) is 39.6 Å². The first-order valence-corrected chi connectivity index (χ1v) is 16.6. The van der Waals surface area contributed by atoms with Crippen LogP contribution in [-0.4, -0.2) is 59.1 Å². The van der Waals surface area contributed by atoms with Crippen LogP contribution in [0.5, 0.6) is 0 Å². The fourth-order valence-corrected chi connectivity index (χ4v) is 5.91. The first-order chi connectivity index (χ1) is 23.3. The van der Waals surface area contributed by atoms with Crippen molar-refractivity contribution in [1.82, 2.24) is 0 Å². The van der Waals surface area contributed by atoms with E-state index < -0.39 is 40.8 Å². The van der Waals surface area contributed by atoms with Crippen molar-refractivity contribution in [2.45, 2.75) is 68.1 Å². The second-order valence-corrected chi connectivity index (χ2v) is 12.5. The Morgan fingerprint density at radius 3 is 1.60 bits per heavy atom. The first-order valence-electron chi connectivity index (χ1n) is 15.8. The van der Waals surface area contributed by atoms with Gasteiger partial charge in [0.15, 0.2) is 0 Å². The number of hydrogen-bond acceptors (Lipinski definition) is 8. The number of hydrogen-bond donors (Lipinski definition) is 1. The zero-order chi connectivity index (χ0) is 33.8. The van der Waals surface area contributed by atoms with Gasteiger partial charge in [-0.3, -0.25) is 0 Å². The molecule has 0 spiro atoms. The Labute approximate surface area is 288 Å². The quantitative estimate of drug-likeness (QED) is 0.101. The summed E-state index contributed by atoms with van der Waals surface area (Å²) >= 11 is 2.85. The minimum Gasteiger partial charge on any atom is -0.463 e. The largest absolute Gasteiger partial charge is 0.463 e. The van der Waals surface area contributed by atoms with Crippen LogP contribution in [0.3, 0.4) is 0 Å². The van der Waals surface area contributed by atoms with E-state index in [1.165, 1.54) is 6.92 Å². The van der Waals surface area contributed by atoms with Crippen molar-refractivity contribution in [2.75, 3.05) is 13.2 Å². The molecule has 1 fully saturated rings. The molecule has 0 aliphatic carbocycles. The minimum absolute atomic E-state index is 0.0607. The van der Waals surface area contributed by atoms with Gasteiger partial charge in [-0.25, -0.2) is 9.18 Å². The van der Waals surface area contributed by atoms with Crippen molar-refractivity contribution in [1.29, 1.82) is 0 Å². The highest BCUT2D eigenvalue weighted by molar-refractivity contribution is 9.10. The number of aliphatic hydroxyl groups is 1. The van der Waals surface area contributed by atoms with Crippen LogP contribution in [0, 0.1) is 0 Å². The molecular formula is C38H40BrFO8. The van der Waals surface area contributed by atoms with Gasteiger partial charge < -0.3 is 33.5 Å². The summed E-state index contributed by atoms with van der Waals surface area (Å²) in [6.07, 6.45) is -4.83. The number of carbonyl (C=O) groups excluding carboxylic acids is 1. The zero-order valence-electron chi connectivity index (χ0n) is 26.7. The number of benzene rings is 4. The van der Waals surface area contributed by atoms with Crippen molar-refractivity contribution in [3.05, 3.63) is 144 Å². The molecule has 4 aromatic carbocycles. The van der Waals surface area contributed by atoms with Gasteiger partial charge in [0.25, 0.3) is 5.79 Å². The summed E-state index contributed by atoms with van der Waals surface area (Å²) in [5.74, 6) is -4.34. The second kappa shape index (κ2) is 17.3. The summed E-state index contributed by atoms with van der Waals surface area (Å²) in [6.45, 7) is 1.62. The van der Waals surface area contributed by atoms with Crippen molar-refractivity contribution < 1.29 is 42.7 Å². The molecule has 5 rings (SSSR count). The zero-order valence-corrected chi connectivity index (χ0v) is 28.2. The number of alkyl halides is 2. The molecule has 0 bridgehead atoms. The average molecular weight is 724 g/mol. The van der Waals surface area contributed by atoms with Crippen LogP contribution in [0.25, 0.3) is 0 Å². The van der Waals surface area contributed by atoms with Gasteiger partial charge in [0.1, 0.15) is 24.4 Å². The van der Waals surface area contributed by atoms with Crippen LogP contribution in [0.4, 0.5) is 4.39 Å². The predicted molar refractivity (Wildman–Crippen MR) is 180 cm³/mol. The summed E-state index contributed by atoms with van der Waals surface area (Å²) in [4.78, 5) is 13.1. The van der Waals surface area contributed by atoms with Crippen molar-refractivity contribution in [3.8, 4) is 0 Å². The third-order valence-electron chi connectivity index (χ3n) is 7.92. The molecule has 10 heteroatoms. The number of carbonyl (C=O) groups is 1. The molecule has 1 heterocycles. The Hall–Kier alpha value is -3.48. The normalized spacial score (nSPS) is 23.7. The Kier molecular flexibility index (Phi) is 12.9. The SMILES string of the molecule is CCOC(=O)C(F)(Br)C1(O)O[C@H](COCc2ccccc2)[C@@H](OCc2ccccc2)[C@H](OCc2ccccc2)[C@@H]1OCc1ccccc1. The Bertz CT molecular complexity index is 1530. The fourth-order valence-electron chi connectivity index (χ4n) is 5.47. The van der Waals surface area contributed by atoms with Gasteiger partial charge in [0, 0.05) is 0 Å². The van der Waals surface area contributed by atoms with E-state index in [-0.39, 0.29) is 39.6 Å². The maximum absolute atomic E-state index is 16.8.